The van der Waals surface area contributed by atoms with E-state index in [4.69, 9.17) is 14.2 Å². The third kappa shape index (κ3) is 10.5. The van der Waals surface area contributed by atoms with Gasteiger partial charge in [-0.05, 0) is 0 Å². The number of carbonyl (C=O) groups excluding carboxylic acids is 3. The maximum absolute atomic E-state index is 11.0. The molecule has 0 atom stereocenters. The van der Waals surface area contributed by atoms with Crippen LogP contribution in [0.3, 0.4) is 0 Å². The number of hydrogen-bond acceptors (Lipinski definition) is 7. The fraction of sp³-hybridized carbons (Fsp3) is 0.750. The van der Waals surface area contributed by atoms with Crippen molar-refractivity contribution in [3.8, 4) is 0 Å². The predicted molar refractivity (Wildman–Crippen MR) is 77.7 cm³/mol. The maximum atomic E-state index is 11.0. The van der Waals surface area contributed by atoms with Crippen LogP contribution < -0.4 is 16.0 Å². The van der Waals surface area contributed by atoms with E-state index in [0.717, 1.165) is 0 Å². The smallest absolute Gasteiger partial charge is 0.406 e. The zero-order valence-electron chi connectivity index (χ0n) is 13.1. The molecule has 10 heteroatoms. The van der Waals surface area contributed by atoms with E-state index in [0.29, 0.717) is 19.6 Å². The molecule has 0 saturated heterocycles. The number of hydrogen-bond donors (Lipinski definition) is 3. The number of rotatable bonds is 9. The molecule has 0 unspecified atom stereocenters. The first-order chi connectivity index (χ1) is 10.5. The molecule has 22 heavy (non-hydrogen) atoms. The van der Waals surface area contributed by atoms with Crippen molar-refractivity contribution in [1.82, 2.24) is 20.9 Å². The second kappa shape index (κ2) is 12.5. The third-order valence-corrected chi connectivity index (χ3v) is 2.53. The molecule has 0 aromatic rings. The van der Waals surface area contributed by atoms with E-state index in [1.165, 1.54) is 21.1 Å². The average Bonchev–Trinajstić information content (AvgIpc) is 2.53. The Morgan fingerprint density at radius 1 is 0.682 bits per heavy atom. The van der Waals surface area contributed by atoms with Crippen molar-refractivity contribution in [3.05, 3.63) is 0 Å². The topological polar surface area (TPSA) is 118 Å². The summed E-state index contributed by atoms with van der Waals surface area (Å²) in [6.07, 6.45) is -1.57. The van der Waals surface area contributed by atoms with Crippen LogP contribution in [0.15, 0.2) is 0 Å². The van der Waals surface area contributed by atoms with Crippen molar-refractivity contribution in [2.24, 2.45) is 0 Å². The molecule has 0 aliphatic carbocycles. The van der Waals surface area contributed by atoms with Gasteiger partial charge in [0.1, 0.15) is 19.8 Å². The minimum Gasteiger partial charge on any atom is -0.448 e. The van der Waals surface area contributed by atoms with E-state index in [-0.39, 0.29) is 19.8 Å². The number of nitrogens with one attached hydrogen (secondary N) is 3. The molecule has 0 spiro atoms. The fourth-order valence-electron chi connectivity index (χ4n) is 1.35. The summed E-state index contributed by atoms with van der Waals surface area (Å²) in [4.78, 5) is 34.8. The predicted octanol–water partition coefficient (Wildman–Crippen LogP) is -0.644. The number of carbonyl (C=O) groups is 3. The zero-order chi connectivity index (χ0) is 16.8. The van der Waals surface area contributed by atoms with E-state index in [9.17, 15) is 14.4 Å². The lowest BCUT2D eigenvalue weighted by atomic mass is 10.4. The van der Waals surface area contributed by atoms with Crippen LogP contribution in [0, 0.1) is 0 Å². The van der Waals surface area contributed by atoms with Crippen LogP contribution in [-0.2, 0) is 14.2 Å². The summed E-state index contributed by atoms with van der Waals surface area (Å²) in [7, 11) is 4.40. The molecule has 0 fully saturated rings. The number of ether oxygens (including phenoxy) is 3. The highest BCUT2D eigenvalue weighted by Crippen LogP contribution is 1.92. The van der Waals surface area contributed by atoms with Crippen molar-refractivity contribution in [1.29, 1.82) is 0 Å². The van der Waals surface area contributed by atoms with Crippen LogP contribution in [-0.4, -0.2) is 83.8 Å². The van der Waals surface area contributed by atoms with Gasteiger partial charge in [-0.1, -0.05) is 0 Å². The SMILES string of the molecule is CNC(=O)OCCN(CCOC(=O)NC)CCOC(=O)NC. The molecular weight excluding hydrogens is 296 g/mol. The van der Waals surface area contributed by atoms with Gasteiger partial charge in [0, 0.05) is 40.8 Å². The van der Waals surface area contributed by atoms with E-state index >= 15 is 0 Å². The Kier molecular flexibility index (Phi) is 11.2. The lowest BCUT2D eigenvalue weighted by molar-refractivity contribution is 0.0912. The van der Waals surface area contributed by atoms with Crippen molar-refractivity contribution in [2.45, 2.75) is 0 Å². The van der Waals surface area contributed by atoms with Gasteiger partial charge < -0.3 is 30.2 Å². The van der Waals surface area contributed by atoms with Gasteiger partial charge in [-0.25, -0.2) is 14.4 Å². The molecule has 0 aromatic carbocycles. The van der Waals surface area contributed by atoms with E-state index in [1.54, 1.807) is 0 Å². The Hall–Kier alpha value is -2.23. The molecular formula is C12H24N4O6. The summed E-state index contributed by atoms with van der Waals surface area (Å²) >= 11 is 0. The summed E-state index contributed by atoms with van der Waals surface area (Å²) in [5.41, 5.74) is 0. The molecule has 0 radical (unpaired) electrons. The lowest BCUT2D eigenvalue weighted by Crippen LogP contribution is -2.37. The first-order valence-electron chi connectivity index (χ1n) is 6.79. The maximum Gasteiger partial charge on any atom is 0.406 e. The minimum atomic E-state index is -0.525. The van der Waals surface area contributed by atoms with E-state index in [1.807, 2.05) is 4.90 Å². The summed E-state index contributed by atoms with van der Waals surface area (Å²) in [6, 6.07) is 0. The van der Waals surface area contributed by atoms with Crippen molar-refractivity contribution in [2.75, 3.05) is 60.6 Å². The van der Waals surface area contributed by atoms with Crippen molar-refractivity contribution < 1.29 is 28.6 Å². The molecule has 0 bridgehead atoms. The number of alkyl carbamates (subject to hydrolysis) is 3. The average molecular weight is 320 g/mol. The molecule has 3 N–H and O–H groups in total. The quantitative estimate of drug-likeness (QED) is 0.483. The largest absolute Gasteiger partial charge is 0.448 e. The van der Waals surface area contributed by atoms with Gasteiger partial charge in [0.05, 0.1) is 0 Å². The van der Waals surface area contributed by atoms with Crippen LogP contribution in [0.1, 0.15) is 0 Å². The molecule has 0 heterocycles. The second-order valence-corrected chi connectivity index (χ2v) is 4.00. The van der Waals surface area contributed by atoms with Crippen LogP contribution in [0.5, 0.6) is 0 Å². The van der Waals surface area contributed by atoms with Crippen LogP contribution >= 0.6 is 0 Å². The molecule has 10 nitrogen and oxygen atoms in total. The normalized spacial score (nSPS) is 9.82. The van der Waals surface area contributed by atoms with Gasteiger partial charge in [-0.2, -0.15) is 0 Å². The van der Waals surface area contributed by atoms with Gasteiger partial charge in [0.25, 0.3) is 0 Å². The van der Waals surface area contributed by atoms with Crippen LogP contribution in [0.2, 0.25) is 0 Å². The zero-order valence-corrected chi connectivity index (χ0v) is 13.1. The van der Waals surface area contributed by atoms with E-state index < -0.39 is 18.3 Å². The Morgan fingerprint density at radius 2 is 0.955 bits per heavy atom. The Bertz CT molecular complexity index is 300. The highest BCUT2D eigenvalue weighted by molar-refractivity contribution is 5.67. The first-order valence-corrected chi connectivity index (χ1v) is 6.79. The molecule has 128 valence electrons. The Morgan fingerprint density at radius 3 is 1.18 bits per heavy atom. The third-order valence-electron chi connectivity index (χ3n) is 2.53. The molecule has 0 saturated carbocycles. The highest BCUT2D eigenvalue weighted by atomic mass is 16.6. The summed E-state index contributed by atoms with van der Waals surface area (Å²) < 4.78 is 14.7. The van der Waals surface area contributed by atoms with E-state index in [2.05, 4.69) is 16.0 Å². The Balaban J connectivity index is 4.09. The summed E-state index contributed by atoms with van der Waals surface area (Å²) in [6.45, 7) is 1.75. The van der Waals surface area contributed by atoms with Gasteiger partial charge in [-0.15, -0.1) is 0 Å². The molecule has 0 rings (SSSR count). The summed E-state index contributed by atoms with van der Waals surface area (Å²) in [5, 5.41) is 7.01. The summed E-state index contributed by atoms with van der Waals surface area (Å²) in [5.74, 6) is 0. The first kappa shape index (κ1) is 19.8. The van der Waals surface area contributed by atoms with Crippen molar-refractivity contribution in [3.63, 3.8) is 0 Å². The van der Waals surface area contributed by atoms with Gasteiger partial charge >= 0.3 is 18.3 Å². The van der Waals surface area contributed by atoms with Gasteiger partial charge in [0.2, 0.25) is 0 Å². The minimum absolute atomic E-state index is 0.166. The van der Waals surface area contributed by atoms with Crippen LogP contribution in [0.25, 0.3) is 0 Å². The fourth-order valence-corrected chi connectivity index (χ4v) is 1.35. The van der Waals surface area contributed by atoms with Crippen LogP contribution in [0.4, 0.5) is 14.4 Å². The second-order valence-electron chi connectivity index (χ2n) is 4.00. The molecule has 3 amide bonds. The number of nitrogens with zero attached hydrogens (tertiary/aromatic N) is 1. The molecule has 0 aromatic heterocycles. The van der Waals surface area contributed by atoms with Gasteiger partial charge in [-0.3, -0.25) is 4.90 Å². The molecule has 0 aliphatic rings. The van der Waals surface area contributed by atoms with Crippen molar-refractivity contribution >= 4 is 18.3 Å². The standard InChI is InChI=1S/C12H24N4O6/c1-13-10(17)20-7-4-16(5-8-21-11(18)14-2)6-9-22-12(19)15-3/h4-9H2,1-3H3,(H,13,17)(H,14,18)(H,15,19). The Labute approximate surface area is 129 Å². The highest BCUT2D eigenvalue weighted by Gasteiger charge is 2.09. The van der Waals surface area contributed by atoms with Gasteiger partial charge in [0.15, 0.2) is 0 Å². The lowest BCUT2D eigenvalue weighted by Gasteiger charge is -2.21. The number of amides is 3. The molecule has 0 aliphatic heterocycles. The monoisotopic (exact) mass is 320 g/mol.